The lowest BCUT2D eigenvalue weighted by atomic mass is 10.5. The van der Waals surface area contributed by atoms with Crippen molar-refractivity contribution in [3.05, 3.63) is 29.4 Å². The average Bonchev–Trinajstić information content (AvgIpc) is 2.19. The summed E-state index contributed by atoms with van der Waals surface area (Å²) in [6.07, 6.45) is 0. The van der Waals surface area contributed by atoms with Crippen LogP contribution >= 0.6 is 11.3 Å². The quantitative estimate of drug-likeness (QED) is 0.591. The summed E-state index contributed by atoms with van der Waals surface area (Å²) in [5.41, 5.74) is 0. The van der Waals surface area contributed by atoms with Gasteiger partial charge in [-0.1, -0.05) is 6.07 Å². The van der Waals surface area contributed by atoms with E-state index < -0.39 is 0 Å². The molecule has 0 bridgehead atoms. The third kappa shape index (κ3) is 1.32. The summed E-state index contributed by atoms with van der Waals surface area (Å²) in [5.74, 6) is 0. The minimum absolute atomic E-state index is 0.775. The number of thiophene rings is 1. The van der Waals surface area contributed by atoms with E-state index in [0.29, 0.717) is 0 Å². The second kappa shape index (κ2) is 2.84. The molecule has 1 aromatic heterocycles. The molecule has 0 aromatic carbocycles. The van der Waals surface area contributed by atoms with E-state index in [-0.39, 0.29) is 0 Å². The number of hydrogen-bond acceptors (Lipinski definition) is 2. The van der Waals surface area contributed by atoms with Gasteiger partial charge in [0.1, 0.15) is 0 Å². The van der Waals surface area contributed by atoms with Crippen molar-refractivity contribution in [3.63, 3.8) is 0 Å². The maximum absolute atomic E-state index is 5.08. The van der Waals surface area contributed by atoms with Gasteiger partial charge in [0.2, 0.25) is 0 Å². The minimum atomic E-state index is 0.775. The first-order valence-electron chi connectivity index (χ1n) is 2.39. The fourth-order valence-electron chi connectivity index (χ4n) is 0.514. The summed E-state index contributed by atoms with van der Waals surface area (Å²) in [5, 5.41) is 4.61. The third-order valence-corrected chi connectivity index (χ3v) is 1.73. The number of rotatable bonds is 2. The molecule has 0 amide bonds. The molecule has 1 N–H and O–H groups in total. The van der Waals surface area contributed by atoms with Gasteiger partial charge in [-0.25, -0.2) is 0 Å². The van der Waals surface area contributed by atoms with Gasteiger partial charge in [0.15, 0.2) is 0 Å². The molecule has 0 atom stereocenters. The van der Waals surface area contributed by atoms with Gasteiger partial charge in [-0.3, -0.25) is 0 Å². The lowest BCUT2D eigenvalue weighted by Gasteiger charge is -1.88. The van der Waals surface area contributed by atoms with Crippen LogP contribution in [0, 0.1) is 7.05 Å². The molecule has 0 unspecified atom stereocenters. The molecule has 8 heavy (non-hydrogen) atoms. The SMILES string of the molecule is [CH]NCc1cccs1. The topological polar surface area (TPSA) is 12.0 Å². The highest BCUT2D eigenvalue weighted by Crippen LogP contribution is 2.06. The van der Waals surface area contributed by atoms with E-state index in [1.165, 1.54) is 4.88 Å². The first kappa shape index (κ1) is 5.79. The Labute approximate surface area is 53.4 Å². The van der Waals surface area contributed by atoms with Crippen LogP contribution in [-0.4, -0.2) is 0 Å². The molecule has 0 aliphatic heterocycles. The van der Waals surface area contributed by atoms with Gasteiger partial charge < -0.3 is 5.32 Å². The molecule has 1 heterocycles. The van der Waals surface area contributed by atoms with Gasteiger partial charge >= 0.3 is 0 Å². The van der Waals surface area contributed by atoms with E-state index in [0.717, 1.165) is 6.54 Å². The van der Waals surface area contributed by atoms with Crippen molar-refractivity contribution in [2.45, 2.75) is 6.54 Å². The van der Waals surface area contributed by atoms with Crippen molar-refractivity contribution in [3.8, 4) is 0 Å². The van der Waals surface area contributed by atoms with E-state index in [9.17, 15) is 0 Å². The largest absolute Gasteiger partial charge is 0.306 e. The summed E-state index contributed by atoms with van der Waals surface area (Å²) >= 11 is 1.70. The van der Waals surface area contributed by atoms with E-state index in [2.05, 4.69) is 5.32 Å². The zero-order valence-corrected chi connectivity index (χ0v) is 5.24. The summed E-state index contributed by atoms with van der Waals surface area (Å²) in [7, 11) is 5.08. The molecule has 0 aliphatic rings. The Morgan fingerprint density at radius 3 is 3.12 bits per heavy atom. The average molecular weight is 125 g/mol. The first-order chi connectivity index (χ1) is 3.93. The van der Waals surface area contributed by atoms with Crippen LogP contribution in [0.25, 0.3) is 0 Å². The Hall–Kier alpha value is -0.340. The van der Waals surface area contributed by atoms with Gasteiger partial charge in [-0.2, -0.15) is 0 Å². The van der Waals surface area contributed by atoms with Crippen LogP contribution in [0.15, 0.2) is 17.5 Å². The molecular weight excluding hydrogens is 118 g/mol. The highest BCUT2D eigenvalue weighted by molar-refractivity contribution is 7.09. The van der Waals surface area contributed by atoms with E-state index in [1.807, 2.05) is 17.5 Å². The normalized spacial score (nSPS) is 9.62. The molecule has 1 aromatic rings. The van der Waals surface area contributed by atoms with Gasteiger partial charge in [0, 0.05) is 18.5 Å². The van der Waals surface area contributed by atoms with Crippen molar-refractivity contribution in [1.82, 2.24) is 5.32 Å². The zero-order chi connectivity index (χ0) is 5.82. The second-order valence-electron chi connectivity index (χ2n) is 1.46. The first-order valence-corrected chi connectivity index (χ1v) is 3.27. The summed E-state index contributed by atoms with van der Waals surface area (Å²) in [4.78, 5) is 1.27. The molecule has 42 valence electrons. The third-order valence-electron chi connectivity index (χ3n) is 0.856. The Morgan fingerprint density at radius 1 is 1.75 bits per heavy atom. The molecule has 1 nitrogen and oxygen atoms in total. The Morgan fingerprint density at radius 2 is 2.62 bits per heavy atom. The molecule has 1 rings (SSSR count). The van der Waals surface area contributed by atoms with Crippen LogP contribution in [-0.2, 0) is 6.54 Å². The fraction of sp³-hybridized carbons (Fsp3) is 0.167. The van der Waals surface area contributed by atoms with Crippen LogP contribution < -0.4 is 5.32 Å². The number of nitrogens with one attached hydrogen (secondary N) is 1. The minimum Gasteiger partial charge on any atom is -0.306 e. The predicted molar refractivity (Wildman–Crippen MR) is 35.5 cm³/mol. The van der Waals surface area contributed by atoms with Crippen LogP contribution in [0.4, 0.5) is 0 Å². The van der Waals surface area contributed by atoms with Crippen LogP contribution in [0.3, 0.4) is 0 Å². The Balaban J connectivity index is 2.50. The molecule has 0 saturated heterocycles. The van der Waals surface area contributed by atoms with E-state index in [1.54, 1.807) is 11.3 Å². The van der Waals surface area contributed by atoms with E-state index >= 15 is 0 Å². The molecule has 0 aliphatic carbocycles. The molecule has 0 fully saturated rings. The predicted octanol–water partition coefficient (Wildman–Crippen LogP) is 1.51. The Bertz CT molecular complexity index is 134. The standard InChI is InChI=1S/C6H7NS/c1-7-5-6-3-2-4-8-6/h1-4,7H,5H2. The monoisotopic (exact) mass is 125 g/mol. The smallest absolute Gasteiger partial charge is 0.0410 e. The second-order valence-corrected chi connectivity index (χ2v) is 2.49. The van der Waals surface area contributed by atoms with Gasteiger partial charge in [-0.05, 0) is 11.4 Å². The molecule has 0 saturated carbocycles. The van der Waals surface area contributed by atoms with Crippen LogP contribution in [0.2, 0.25) is 0 Å². The lowest BCUT2D eigenvalue weighted by Crippen LogP contribution is -1.98. The van der Waals surface area contributed by atoms with E-state index in [4.69, 9.17) is 7.05 Å². The maximum atomic E-state index is 5.08. The molecule has 2 radical (unpaired) electrons. The summed E-state index contributed by atoms with van der Waals surface area (Å²) in [6.45, 7) is 0.775. The molecular formula is C6H7NS. The highest BCUT2D eigenvalue weighted by Gasteiger charge is 1.86. The van der Waals surface area contributed by atoms with Crippen molar-refractivity contribution in [2.75, 3.05) is 0 Å². The van der Waals surface area contributed by atoms with Crippen LogP contribution in [0.5, 0.6) is 0 Å². The van der Waals surface area contributed by atoms with Crippen molar-refractivity contribution < 1.29 is 0 Å². The Kier molecular flexibility index (Phi) is 2.06. The maximum Gasteiger partial charge on any atom is 0.0410 e. The van der Waals surface area contributed by atoms with Crippen molar-refractivity contribution >= 4 is 11.3 Å². The van der Waals surface area contributed by atoms with Crippen LogP contribution in [0.1, 0.15) is 4.88 Å². The van der Waals surface area contributed by atoms with Gasteiger partial charge in [-0.15, -0.1) is 11.3 Å². The fourth-order valence-corrected chi connectivity index (χ4v) is 1.17. The highest BCUT2D eigenvalue weighted by atomic mass is 32.1. The lowest BCUT2D eigenvalue weighted by molar-refractivity contribution is 0.883. The summed E-state index contributed by atoms with van der Waals surface area (Å²) < 4.78 is 0. The van der Waals surface area contributed by atoms with Crippen molar-refractivity contribution in [1.29, 1.82) is 0 Å². The molecule has 0 spiro atoms. The summed E-state index contributed by atoms with van der Waals surface area (Å²) in [6, 6.07) is 4.06. The van der Waals surface area contributed by atoms with Crippen molar-refractivity contribution in [2.24, 2.45) is 0 Å². The van der Waals surface area contributed by atoms with Gasteiger partial charge in [0.25, 0.3) is 0 Å². The number of hydrogen-bond donors (Lipinski definition) is 1. The zero-order valence-electron chi connectivity index (χ0n) is 4.42. The van der Waals surface area contributed by atoms with Gasteiger partial charge in [0.05, 0.1) is 0 Å². The molecule has 2 heteroatoms.